The van der Waals surface area contributed by atoms with Gasteiger partial charge in [0.05, 0.1) is 11.1 Å². The van der Waals surface area contributed by atoms with Crippen LogP contribution in [0.1, 0.15) is 35.2 Å². The molecule has 5 nitrogen and oxygen atoms in total. The van der Waals surface area contributed by atoms with Crippen LogP contribution in [0.3, 0.4) is 0 Å². The van der Waals surface area contributed by atoms with E-state index >= 15 is 0 Å². The second kappa shape index (κ2) is 8.44. The maximum Gasteiger partial charge on any atom is 0.416 e. The van der Waals surface area contributed by atoms with Crippen molar-refractivity contribution in [2.24, 2.45) is 5.41 Å². The van der Waals surface area contributed by atoms with E-state index in [9.17, 15) is 27.2 Å². The largest absolute Gasteiger partial charge is 0.416 e. The molecule has 4 rings (SSSR count). The third-order valence-electron chi connectivity index (χ3n) is 6.40. The van der Waals surface area contributed by atoms with Crippen LogP contribution in [0.4, 0.5) is 28.0 Å². The van der Waals surface area contributed by atoms with Gasteiger partial charge in [-0.3, -0.25) is 4.79 Å². The van der Waals surface area contributed by atoms with E-state index in [0.29, 0.717) is 44.7 Å². The number of benzene rings is 2. The summed E-state index contributed by atoms with van der Waals surface area (Å²) in [7, 11) is 0. The second-order valence-corrected chi connectivity index (χ2v) is 8.45. The number of nitrogens with one attached hydrogen (secondary N) is 1. The van der Waals surface area contributed by atoms with Crippen molar-refractivity contribution in [1.29, 1.82) is 0 Å². The molecular formula is C23H23F4N3O2. The van der Waals surface area contributed by atoms with E-state index in [-0.39, 0.29) is 22.9 Å². The highest BCUT2D eigenvalue weighted by Gasteiger charge is 2.43. The summed E-state index contributed by atoms with van der Waals surface area (Å²) in [6.07, 6.45) is -2.23. The lowest BCUT2D eigenvalue weighted by molar-refractivity contribution is -0.137. The van der Waals surface area contributed by atoms with Crippen molar-refractivity contribution in [3.05, 3.63) is 65.5 Å². The molecule has 0 atom stereocenters. The molecule has 2 aliphatic heterocycles. The molecule has 0 bridgehead atoms. The summed E-state index contributed by atoms with van der Waals surface area (Å²) >= 11 is 0. The van der Waals surface area contributed by atoms with Gasteiger partial charge in [-0.25, -0.2) is 9.18 Å². The minimum absolute atomic E-state index is 0.0624. The molecule has 2 fully saturated rings. The molecule has 170 valence electrons. The molecule has 9 heteroatoms. The van der Waals surface area contributed by atoms with Crippen LogP contribution in [-0.4, -0.2) is 47.9 Å². The Bertz CT molecular complexity index is 999. The van der Waals surface area contributed by atoms with Crippen LogP contribution in [0.2, 0.25) is 0 Å². The monoisotopic (exact) mass is 449 g/mol. The summed E-state index contributed by atoms with van der Waals surface area (Å²) < 4.78 is 52.0. The predicted molar refractivity (Wildman–Crippen MR) is 111 cm³/mol. The van der Waals surface area contributed by atoms with Crippen molar-refractivity contribution in [2.45, 2.75) is 25.4 Å². The van der Waals surface area contributed by atoms with E-state index in [1.54, 1.807) is 21.9 Å². The van der Waals surface area contributed by atoms with Gasteiger partial charge in [-0.15, -0.1) is 0 Å². The van der Waals surface area contributed by atoms with E-state index in [1.807, 2.05) is 0 Å². The van der Waals surface area contributed by atoms with E-state index in [4.69, 9.17) is 0 Å². The van der Waals surface area contributed by atoms with Gasteiger partial charge >= 0.3 is 12.2 Å². The fourth-order valence-corrected chi connectivity index (χ4v) is 4.45. The molecule has 0 radical (unpaired) electrons. The molecule has 0 saturated carbocycles. The van der Waals surface area contributed by atoms with E-state index in [0.717, 1.165) is 18.6 Å². The summed E-state index contributed by atoms with van der Waals surface area (Å²) in [6, 6.07) is 9.90. The molecule has 1 spiro atoms. The lowest BCUT2D eigenvalue weighted by atomic mass is 9.77. The number of rotatable bonds is 2. The average molecular weight is 449 g/mol. The molecule has 1 N–H and O–H groups in total. The zero-order valence-electron chi connectivity index (χ0n) is 17.3. The molecule has 2 saturated heterocycles. The molecule has 2 heterocycles. The Morgan fingerprint density at radius 2 is 1.47 bits per heavy atom. The van der Waals surface area contributed by atoms with Crippen LogP contribution < -0.4 is 5.32 Å². The molecule has 2 aliphatic rings. The lowest BCUT2D eigenvalue weighted by Gasteiger charge is -2.39. The first-order chi connectivity index (χ1) is 15.2. The summed E-state index contributed by atoms with van der Waals surface area (Å²) in [5, 5.41) is 2.65. The molecule has 0 aromatic heterocycles. The minimum Gasteiger partial charge on any atom is -0.339 e. The van der Waals surface area contributed by atoms with Gasteiger partial charge in [-0.2, -0.15) is 13.2 Å². The van der Waals surface area contributed by atoms with E-state index < -0.39 is 17.6 Å². The highest BCUT2D eigenvalue weighted by atomic mass is 19.4. The van der Waals surface area contributed by atoms with Gasteiger partial charge in [0, 0.05) is 31.9 Å². The van der Waals surface area contributed by atoms with Gasteiger partial charge in [0.25, 0.3) is 5.91 Å². The normalized spacial score (nSPS) is 18.1. The van der Waals surface area contributed by atoms with Crippen LogP contribution in [0.15, 0.2) is 48.5 Å². The Morgan fingerprint density at radius 1 is 0.875 bits per heavy atom. The number of nitrogens with zero attached hydrogens (tertiary/aromatic N) is 2. The SMILES string of the molecule is O=C(Nc1ccc(C(F)(F)F)cc1)N1CCC2(CCN(C(=O)c3ccccc3F)CC2)C1. The summed E-state index contributed by atoms with van der Waals surface area (Å²) in [5.74, 6) is -0.863. The number of piperidine rings is 1. The van der Waals surface area contributed by atoms with Gasteiger partial charge in [0.2, 0.25) is 0 Å². The minimum atomic E-state index is -4.42. The molecule has 0 aliphatic carbocycles. The smallest absolute Gasteiger partial charge is 0.339 e. The number of urea groups is 1. The zero-order chi connectivity index (χ0) is 22.9. The molecule has 0 unspecified atom stereocenters. The van der Waals surface area contributed by atoms with Crippen molar-refractivity contribution in [1.82, 2.24) is 9.80 Å². The van der Waals surface area contributed by atoms with E-state index in [1.165, 1.54) is 24.3 Å². The zero-order valence-corrected chi connectivity index (χ0v) is 17.3. The molecule has 2 aromatic carbocycles. The number of anilines is 1. The van der Waals surface area contributed by atoms with Gasteiger partial charge in [0.1, 0.15) is 5.82 Å². The topological polar surface area (TPSA) is 52.7 Å². The van der Waals surface area contributed by atoms with Crippen molar-refractivity contribution in [3.63, 3.8) is 0 Å². The van der Waals surface area contributed by atoms with Crippen LogP contribution in [0.25, 0.3) is 0 Å². The van der Waals surface area contributed by atoms with Crippen molar-refractivity contribution in [3.8, 4) is 0 Å². The standard InChI is InChI=1S/C23H23F4N3O2/c24-19-4-2-1-3-18(19)20(31)29-12-9-22(10-13-29)11-14-30(15-22)21(32)28-17-7-5-16(6-8-17)23(25,26)27/h1-8H,9-15H2,(H,28,32). The number of carbonyl (C=O) groups excluding carboxylic acids is 2. The predicted octanol–water partition coefficient (Wildman–Crippen LogP) is 5.00. The van der Waals surface area contributed by atoms with Gasteiger partial charge in [0.15, 0.2) is 0 Å². The number of hydrogen-bond donors (Lipinski definition) is 1. The highest BCUT2D eigenvalue weighted by molar-refractivity contribution is 5.94. The fourth-order valence-electron chi connectivity index (χ4n) is 4.45. The summed E-state index contributed by atoms with van der Waals surface area (Å²) in [6.45, 7) is 2.03. The third-order valence-corrected chi connectivity index (χ3v) is 6.40. The van der Waals surface area contributed by atoms with Gasteiger partial charge < -0.3 is 15.1 Å². The molecule has 3 amide bonds. The van der Waals surface area contributed by atoms with Gasteiger partial charge in [-0.1, -0.05) is 12.1 Å². The lowest BCUT2D eigenvalue weighted by Crippen LogP contribution is -2.45. The number of likely N-dealkylation sites (tertiary alicyclic amines) is 2. The Balaban J connectivity index is 1.32. The quantitative estimate of drug-likeness (QED) is 0.656. The molecule has 32 heavy (non-hydrogen) atoms. The maximum atomic E-state index is 13.9. The number of amides is 3. The fraction of sp³-hybridized carbons (Fsp3) is 0.391. The first kappa shape index (κ1) is 22.1. The second-order valence-electron chi connectivity index (χ2n) is 8.45. The van der Waals surface area contributed by atoms with Crippen molar-refractivity contribution in [2.75, 3.05) is 31.5 Å². The van der Waals surface area contributed by atoms with Crippen molar-refractivity contribution < 1.29 is 27.2 Å². The average Bonchev–Trinajstić information content (AvgIpc) is 3.18. The number of alkyl halides is 3. The summed E-state index contributed by atoms with van der Waals surface area (Å²) in [4.78, 5) is 28.5. The Labute approximate surface area is 183 Å². The molecular weight excluding hydrogens is 426 g/mol. The third kappa shape index (κ3) is 4.56. The Kier molecular flexibility index (Phi) is 5.83. The van der Waals surface area contributed by atoms with Gasteiger partial charge in [-0.05, 0) is 61.1 Å². The number of halogens is 4. The van der Waals surface area contributed by atoms with Crippen LogP contribution in [0, 0.1) is 11.2 Å². The number of carbonyl (C=O) groups is 2. The maximum absolute atomic E-state index is 13.9. The van der Waals surface area contributed by atoms with Crippen LogP contribution >= 0.6 is 0 Å². The Hall–Kier alpha value is -3.10. The first-order valence-corrected chi connectivity index (χ1v) is 10.4. The Morgan fingerprint density at radius 3 is 2.06 bits per heavy atom. The van der Waals surface area contributed by atoms with Crippen molar-refractivity contribution >= 4 is 17.6 Å². The van der Waals surface area contributed by atoms with E-state index in [2.05, 4.69) is 5.32 Å². The molecule has 2 aromatic rings. The van der Waals surface area contributed by atoms with Crippen LogP contribution in [-0.2, 0) is 6.18 Å². The first-order valence-electron chi connectivity index (χ1n) is 10.4. The highest BCUT2D eigenvalue weighted by Crippen LogP contribution is 2.41. The number of hydrogen-bond acceptors (Lipinski definition) is 2. The van der Waals surface area contributed by atoms with Crippen LogP contribution in [0.5, 0.6) is 0 Å². The summed E-state index contributed by atoms with van der Waals surface area (Å²) in [5.41, 5.74) is -0.516.